The highest BCUT2D eigenvalue weighted by atomic mass is 17.2. The van der Waals surface area contributed by atoms with Gasteiger partial charge in [-0.15, -0.1) is 0 Å². The molecule has 0 aliphatic carbocycles. The van der Waals surface area contributed by atoms with Crippen molar-refractivity contribution in [1.29, 1.82) is 0 Å². The Balaban J connectivity index is 3.43. The van der Waals surface area contributed by atoms with E-state index >= 15 is 0 Å². The summed E-state index contributed by atoms with van der Waals surface area (Å²) in [4.78, 5) is 24.8. The molecule has 0 aromatic carbocycles. The predicted molar refractivity (Wildman–Crippen MR) is 133 cm³/mol. The third-order valence-electron chi connectivity index (χ3n) is 6.18. The van der Waals surface area contributed by atoms with Gasteiger partial charge in [-0.1, -0.05) is 117 Å². The zero-order valence-electron chi connectivity index (χ0n) is 21.8. The van der Waals surface area contributed by atoms with E-state index in [4.69, 9.17) is 9.78 Å². The molecule has 0 aliphatic rings. The van der Waals surface area contributed by atoms with E-state index in [0.29, 0.717) is 13.2 Å². The van der Waals surface area contributed by atoms with Crippen LogP contribution in [0, 0.1) is 5.41 Å². The van der Waals surface area contributed by atoms with Gasteiger partial charge in [-0.3, -0.25) is 4.89 Å². The van der Waals surface area contributed by atoms with Crippen LogP contribution in [0.1, 0.15) is 136 Å². The van der Waals surface area contributed by atoms with Crippen molar-refractivity contribution >= 4 is 5.97 Å². The maximum Gasteiger partial charge on any atom is 0.349 e. The Labute approximate surface area is 194 Å². The SMILES string of the molecule is CCCCCCCCCCCCCCCCCCOOC(=O)C(C)(CCC)CN(C)C. The summed E-state index contributed by atoms with van der Waals surface area (Å²) in [5.74, 6) is -0.237. The first-order valence-electron chi connectivity index (χ1n) is 13.4. The third kappa shape index (κ3) is 18.6. The number of hydrogen-bond acceptors (Lipinski definition) is 4. The molecule has 0 saturated carbocycles. The average Bonchev–Trinajstić information content (AvgIpc) is 2.72. The lowest BCUT2D eigenvalue weighted by Gasteiger charge is -2.28. The van der Waals surface area contributed by atoms with Gasteiger partial charge < -0.3 is 4.90 Å². The fourth-order valence-electron chi connectivity index (χ4n) is 4.40. The van der Waals surface area contributed by atoms with Gasteiger partial charge in [0.05, 0.1) is 12.0 Å². The fourth-order valence-corrected chi connectivity index (χ4v) is 4.40. The Morgan fingerprint density at radius 3 is 1.48 bits per heavy atom. The van der Waals surface area contributed by atoms with Crippen LogP contribution in [0.2, 0.25) is 0 Å². The van der Waals surface area contributed by atoms with Crippen molar-refractivity contribution in [2.75, 3.05) is 27.2 Å². The molecule has 1 unspecified atom stereocenters. The Morgan fingerprint density at radius 2 is 1.10 bits per heavy atom. The lowest BCUT2D eigenvalue weighted by Crippen LogP contribution is -2.39. The van der Waals surface area contributed by atoms with Crippen LogP contribution >= 0.6 is 0 Å². The predicted octanol–water partition coefficient (Wildman–Crippen LogP) is 8.09. The summed E-state index contributed by atoms with van der Waals surface area (Å²) >= 11 is 0. The van der Waals surface area contributed by atoms with E-state index in [1.54, 1.807) is 0 Å². The minimum Gasteiger partial charge on any atom is -0.308 e. The molecule has 0 heterocycles. The molecule has 4 nitrogen and oxygen atoms in total. The maximum absolute atomic E-state index is 12.4. The molecule has 0 spiro atoms. The fraction of sp³-hybridized carbons (Fsp3) is 0.963. The zero-order valence-corrected chi connectivity index (χ0v) is 21.8. The Morgan fingerprint density at radius 1 is 0.677 bits per heavy atom. The lowest BCUT2D eigenvalue weighted by atomic mass is 9.85. The summed E-state index contributed by atoms with van der Waals surface area (Å²) in [7, 11) is 3.97. The second-order valence-electron chi connectivity index (χ2n) is 10.0. The molecule has 0 rings (SSSR count). The second-order valence-corrected chi connectivity index (χ2v) is 10.0. The molecule has 1 atom stereocenters. The van der Waals surface area contributed by atoms with Crippen LogP contribution in [0.4, 0.5) is 0 Å². The molecule has 0 bridgehead atoms. The maximum atomic E-state index is 12.4. The molecule has 0 fully saturated rings. The van der Waals surface area contributed by atoms with Crippen LogP contribution in [-0.2, 0) is 14.6 Å². The monoisotopic (exact) mass is 441 g/mol. The first-order valence-corrected chi connectivity index (χ1v) is 13.4. The standard InChI is InChI=1S/C27H55NO3/c1-6-8-9-10-11-12-13-14-15-16-17-18-19-20-21-22-24-30-31-26(29)27(3,23-7-2)25-28(4)5/h6-25H2,1-5H3. The third-order valence-corrected chi connectivity index (χ3v) is 6.18. The van der Waals surface area contributed by atoms with Crippen LogP contribution in [0.15, 0.2) is 0 Å². The first-order chi connectivity index (χ1) is 15.0. The van der Waals surface area contributed by atoms with Crippen LogP contribution in [0.5, 0.6) is 0 Å². The van der Waals surface area contributed by atoms with Gasteiger partial charge in [0.15, 0.2) is 0 Å². The molecule has 0 aromatic rings. The summed E-state index contributed by atoms with van der Waals surface area (Å²) in [6, 6.07) is 0. The molecule has 186 valence electrons. The van der Waals surface area contributed by atoms with Crippen molar-refractivity contribution in [3.05, 3.63) is 0 Å². The summed E-state index contributed by atoms with van der Waals surface area (Å²) in [5, 5.41) is 0. The van der Waals surface area contributed by atoms with Crippen LogP contribution in [-0.4, -0.2) is 38.1 Å². The first kappa shape index (κ1) is 30.4. The van der Waals surface area contributed by atoms with Gasteiger partial charge in [-0.25, -0.2) is 4.79 Å². The normalized spacial score (nSPS) is 13.5. The van der Waals surface area contributed by atoms with Crippen LogP contribution in [0.25, 0.3) is 0 Å². The van der Waals surface area contributed by atoms with Gasteiger partial charge in [0.2, 0.25) is 0 Å². The van der Waals surface area contributed by atoms with E-state index in [1.807, 2.05) is 25.9 Å². The number of carbonyl (C=O) groups excluding carboxylic acids is 1. The Hall–Kier alpha value is -0.610. The quantitative estimate of drug-likeness (QED) is 0.0912. The summed E-state index contributed by atoms with van der Waals surface area (Å²) in [6.07, 6.45) is 23.4. The number of carbonyl (C=O) groups is 1. The molecule has 4 heteroatoms. The van der Waals surface area contributed by atoms with Gasteiger partial charge in [0, 0.05) is 6.54 Å². The van der Waals surface area contributed by atoms with Crippen molar-refractivity contribution in [2.24, 2.45) is 5.41 Å². The van der Waals surface area contributed by atoms with E-state index in [0.717, 1.165) is 25.7 Å². The van der Waals surface area contributed by atoms with E-state index in [-0.39, 0.29) is 5.97 Å². The van der Waals surface area contributed by atoms with Gasteiger partial charge in [-0.2, -0.15) is 4.89 Å². The molecular weight excluding hydrogens is 386 g/mol. The highest BCUT2D eigenvalue weighted by molar-refractivity contribution is 5.76. The van der Waals surface area contributed by atoms with Gasteiger partial charge >= 0.3 is 5.97 Å². The molecule has 0 radical (unpaired) electrons. The van der Waals surface area contributed by atoms with E-state index in [1.165, 1.54) is 89.9 Å². The topological polar surface area (TPSA) is 38.8 Å². The highest BCUT2D eigenvalue weighted by Crippen LogP contribution is 2.26. The van der Waals surface area contributed by atoms with E-state index < -0.39 is 5.41 Å². The molecule has 0 N–H and O–H groups in total. The van der Waals surface area contributed by atoms with Crippen molar-refractivity contribution in [3.8, 4) is 0 Å². The van der Waals surface area contributed by atoms with Gasteiger partial charge in [0.25, 0.3) is 0 Å². The lowest BCUT2D eigenvalue weighted by molar-refractivity contribution is -0.281. The number of hydrogen-bond donors (Lipinski definition) is 0. The number of rotatable bonds is 23. The molecule has 0 aromatic heterocycles. The van der Waals surface area contributed by atoms with Crippen LogP contribution in [0.3, 0.4) is 0 Å². The van der Waals surface area contributed by atoms with Crippen LogP contribution < -0.4 is 0 Å². The van der Waals surface area contributed by atoms with E-state index in [2.05, 4.69) is 13.8 Å². The highest BCUT2D eigenvalue weighted by Gasteiger charge is 2.35. The van der Waals surface area contributed by atoms with Crippen molar-refractivity contribution in [1.82, 2.24) is 4.90 Å². The summed E-state index contributed by atoms with van der Waals surface area (Å²) < 4.78 is 0. The smallest absolute Gasteiger partial charge is 0.308 e. The number of nitrogens with zero attached hydrogens (tertiary/aromatic N) is 1. The molecule has 0 amide bonds. The van der Waals surface area contributed by atoms with E-state index in [9.17, 15) is 4.79 Å². The molecule has 31 heavy (non-hydrogen) atoms. The Kier molecular flexibility index (Phi) is 20.8. The molecule has 0 aliphatic heterocycles. The minimum atomic E-state index is -0.493. The molecule has 0 saturated heterocycles. The summed E-state index contributed by atoms with van der Waals surface area (Å²) in [5.41, 5.74) is -0.493. The number of unbranched alkanes of at least 4 members (excludes halogenated alkanes) is 15. The Bertz CT molecular complexity index is 400. The minimum absolute atomic E-state index is 0.237. The van der Waals surface area contributed by atoms with Gasteiger partial charge in [-0.05, 0) is 33.9 Å². The second kappa shape index (κ2) is 21.2. The zero-order chi connectivity index (χ0) is 23.2. The van der Waals surface area contributed by atoms with Crippen molar-refractivity contribution < 1.29 is 14.6 Å². The van der Waals surface area contributed by atoms with Crippen molar-refractivity contribution in [3.63, 3.8) is 0 Å². The van der Waals surface area contributed by atoms with Crippen molar-refractivity contribution in [2.45, 2.75) is 136 Å². The van der Waals surface area contributed by atoms with Gasteiger partial charge in [0.1, 0.15) is 0 Å². The summed E-state index contributed by atoms with van der Waals surface area (Å²) in [6.45, 7) is 7.54. The molecular formula is C27H55NO3. The average molecular weight is 442 g/mol. The largest absolute Gasteiger partial charge is 0.349 e.